The van der Waals surface area contributed by atoms with Crippen molar-refractivity contribution in [3.05, 3.63) is 36.4 Å². The first-order chi connectivity index (χ1) is 11.3. The molecule has 1 aliphatic heterocycles. The van der Waals surface area contributed by atoms with Crippen molar-refractivity contribution in [2.24, 2.45) is 0 Å². The molecule has 0 spiro atoms. The molecular weight excluding hydrogens is 284 g/mol. The Kier molecular flexibility index (Phi) is 5.11. The van der Waals surface area contributed by atoms with Crippen molar-refractivity contribution < 1.29 is 0 Å². The van der Waals surface area contributed by atoms with E-state index in [2.05, 4.69) is 54.0 Å². The van der Waals surface area contributed by atoms with Gasteiger partial charge in [0.1, 0.15) is 5.82 Å². The van der Waals surface area contributed by atoms with Crippen LogP contribution in [0.15, 0.2) is 36.4 Å². The molecule has 2 heterocycles. The predicted octanol–water partition coefficient (Wildman–Crippen LogP) is 3.98. The van der Waals surface area contributed by atoms with Gasteiger partial charge in [-0.25, -0.2) is 4.98 Å². The van der Waals surface area contributed by atoms with E-state index in [1.54, 1.807) is 0 Å². The van der Waals surface area contributed by atoms with Crippen molar-refractivity contribution in [2.75, 3.05) is 36.0 Å². The Morgan fingerprint density at radius 2 is 1.65 bits per heavy atom. The van der Waals surface area contributed by atoms with Gasteiger partial charge in [0.2, 0.25) is 5.95 Å². The van der Waals surface area contributed by atoms with Crippen LogP contribution in [-0.2, 0) is 0 Å². The molecule has 4 nitrogen and oxygen atoms in total. The maximum Gasteiger partial charge on any atom is 0.227 e. The highest BCUT2D eigenvalue weighted by molar-refractivity contribution is 5.65. The van der Waals surface area contributed by atoms with Gasteiger partial charge in [-0.15, -0.1) is 0 Å². The summed E-state index contributed by atoms with van der Waals surface area (Å²) in [6.45, 7) is 8.40. The second-order valence-electron chi connectivity index (χ2n) is 6.00. The molecule has 4 heteroatoms. The summed E-state index contributed by atoms with van der Waals surface area (Å²) in [4.78, 5) is 14.4. The molecule has 1 aromatic heterocycles. The number of piperidine rings is 1. The van der Waals surface area contributed by atoms with Crippen molar-refractivity contribution in [3.63, 3.8) is 0 Å². The molecule has 1 aliphatic rings. The minimum absolute atomic E-state index is 0.882. The zero-order chi connectivity index (χ0) is 16.1. The van der Waals surface area contributed by atoms with Crippen molar-refractivity contribution in [3.8, 4) is 11.3 Å². The lowest BCUT2D eigenvalue weighted by atomic mass is 10.1. The topological polar surface area (TPSA) is 32.3 Å². The van der Waals surface area contributed by atoms with E-state index in [9.17, 15) is 0 Å². The first-order valence-electron chi connectivity index (χ1n) is 8.76. The van der Waals surface area contributed by atoms with Gasteiger partial charge >= 0.3 is 0 Å². The van der Waals surface area contributed by atoms with Crippen LogP contribution in [0.1, 0.15) is 33.1 Å². The Balaban J connectivity index is 2.02. The third kappa shape index (κ3) is 3.63. The van der Waals surface area contributed by atoms with Crippen LogP contribution < -0.4 is 9.80 Å². The zero-order valence-corrected chi connectivity index (χ0v) is 14.2. The van der Waals surface area contributed by atoms with Crippen LogP contribution in [0, 0.1) is 0 Å². The molecule has 1 aromatic carbocycles. The molecule has 0 radical (unpaired) electrons. The van der Waals surface area contributed by atoms with E-state index >= 15 is 0 Å². The number of hydrogen-bond donors (Lipinski definition) is 0. The summed E-state index contributed by atoms with van der Waals surface area (Å²) in [5, 5.41) is 0. The van der Waals surface area contributed by atoms with Gasteiger partial charge in [0.25, 0.3) is 0 Å². The second-order valence-corrected chi connectivity index (χ2v) is 6.00. The molecule has 0 amide bonds. The molecule has 3 rings (SSSR count). The average molecular weight is 310 g/mol. The summed E-state index contributed by atoms with van der Waals surface area (Å²) in [6, 6.07) is 12.5. The summed E-state index contributed by atoms with van der Waals surface area (Å²) < 4.78 is 0. The molecule has 1 fully saturated rings. The van der Waals surface area contributed by atoms with E-state index < -0.39 is 0 Å². The largest absolute Gasteiger partial charge is 0.357 e. The smallest absolute Gasteiger partial charge is 0.227 e. The van der Waals surface area contributed by atoms with Crippen LogP contribution >= 0.6 is 0 Å². The number of nitrogens with zero attached hydrogens (tertiary/aromatic N) is 4. The molecule has 23 heavy (non-hydrogen) atoms. The van der Waals surface area contributed by atoms with Gasteiger partial charge in [0.15, 0.2) is 0 Å². The first kappa shape index (κ1) is 15.8. The molecule has 0 aliphatic carbocycles. The van der Waals surface area contributed by atoms with E-state index in [1.807, 2.05) is 6.07 Å². The van der Waals surface area contributed by atoms with Gasteiger partial charge in [-0.2, -0.15) is 4.98 Å². The normalized spacial score (nSPS) is 14.8. The molecule has 122 valence electrons. The molecule has 1 saturated heterocycles. The first-order valence-corrected chi connectivity index (χ1v) is 8.76. The molecule has 0 saturated carbocycles. The lowest BCUT2D eigenvalue weighted by molar-refractivity contribution is 0.568. The van der Waals surface area contributed by atoms with Crippen molar-refractivity contribution in [1.82, 2.24) is 9.97 Å². The van der Waals surface area contributed by atoms with E-state index in [0.717, 1.165) is 49.2 Å². The Morgan fingerprint density at radius 1 is 0.957 bits per heavy atom. The number of rotatable bonds is 5. The van der Waals surface area contributed by atoms with E-state index in [0.29, 0.717) is 0 Å². The van der Waals surface area contributed by atoms with Gasteiger partial charge in [-0.1, -0.05) is 30.3 Å². The number of anilines is 2. The van der Waals surface area contributed by atoms with Gasteiger partial charge in [-0.3, -0.25) is 0 Å². The molecule has 0 unspecified atom stereocenters. The predicted molar refractivity (Wildman–Crippen MR) is 97.1 cm³/mol. The fourth-order valence-electron chi connectivity index (χ4n) is 3.12. The summed E-state index contributed by atoms with van der Waals surface area (Å²) in [6.07, 6.45) is 3.79. The molecular formula is C19H26N4. The minimum atomic E-state index is 0.882. The molecule has 0 bridgehead atoms. The highest BCUT2D eigenvalue weighted by Crippen LogP contribution is 2.26. The maximum atomic E-state index is 4.87. The average Bonchev–Trinajstić information content (AvgIpc) is 2.64. The molecule has 0 atom stereocenters. The van der Waals surface area contributed by atoms with Gasteiger partial charge < -0.3 is 9.80 Å². The van der Waals surface area contributed by atoms with E-state index in [4.69, 9.17) is 9.97 Å². The Bertz CT molecular complexity index is 617. The van der Waals surface area contributed by atoms with Crippen LogP contribution in [0.3, 0.4) is 0 Å². The molecule has 2 aromatic rings. The molecule has 0 N–H and O–H groups in total. The summed E-state index contributed by atoms with van der Waals surface area (Å²) in [7, 11) is 0. The highest BCUT2D eigenvalue weighted by atomic mass is 15.3. The van der Waals surface area contributed by atoms with Crippen LogP contribution in [-0.4, -0.2) is 36.1 Å². The fraction of sp³-hybridized carbons (Fsp3) is 0.474. The third-order valence-corrected chi connectivity index (χ3v) is 4.50. The van der Waals surface area contributed by atoms with Crippen LogP contribution in [0.4, 0.5) is 11.8 Å². The fourth-order valence-corrected chi connectivity index (χ4v) is 3.12. The van der Waals surface area contributed by atoms with Gasteiger partial charge in [-0.05, 0) is 33.1 Å². The Labute approximate surface area is 139 Å². The third-order valence-electron chi connectivity index (χ3n) is 4.50. The minimum Gasteiger partial charge on any atom is -0.357 e. The summed E-state index contributed by atoms with van der Waals surface area (Å²) in [5.41, 5.74) is 2.17. The lowest BCUT2D eigenvalue weighted by Gasteiger charge is -2.28. The van der Waals surface area contributed by atoms with Gasteiger partial charge in [0.05, 0.1) is 5.69 Å². The Hall–Kier alpha value is -2.10. The number of hydrogen-bond acceptors (Lipinski definition) is 4. The second kappa shape index (κ2) is 7.44. The quantitative estimate of drug-likeness (QED) is 0.836. The number of benzene rings is 1. The SMILES string of the molecule is CCN(CC)c1cc(-c2ccccc2)nc(N2CCCCC2)n1. The van der Waals surface area contributed by atoms with Crippen molar-refractivity contribution in [1.29, 1.82) is 0 Å². The van der Waals surface area contributed by atoms with Crippen LogP contribution in [0.5, 0.6) is 0 Å². The summed E-state index contributed by atoms with van der Waals surface area (Å²) in [5.74, 6) is 1.91. The maximum absolute atomic E-state index is 4.87. The summed E-state index contributed by atoms with van der Waals surface area (Å²) >= 11 is 0. The zero-order valence-electron chi connectivity index (χ0n) is 14.2. The Morgan fingerprint density at radius 3 is 2.30 bits per heavy atom. The lowest BCUT2D eigenvalue weighted by Crippen LogP contribution is -2.32. The van der Waals surface area contributed by atoms with E-state index in [-0.39, 0.29) is 0 Å². The highest BCUT2D eigenvalue weighted by Gasteiger charge is 2.17. The van der Waals surface area contributed by atoms with Crippen molar-refractivity contribution in [2.45, 2.75) is 33.1 Å². The number of aromatic nitrogens is 2. The standard InChI is InChI=1S/C19H26N4/c1-3-22(4-2)18-15-17(16-11-7-5-8-12-16)20-19(21-18)23-13-9-6-10-14-23/h5,7-8,11-12,15H,3-4,6,9-10,13-14H2,1-2H3. The van der Waals surface area contributed by atoms with Gasteiger partial charge in [0, 0.05) is 37.8 Å². The monoisotopic (exact) mass is 310 g/mol. The van der Waals surface area contributed by atoms with E-state index in [1.165, 1.54) is 19.3 Å². The van der Waals surface area contributed by atoms with Crippen LogP contribution in [0.2, 0.25) is 0 Å². The van der Waals surface area contributed by atoms with Crippen LogP contribution in [0.25, 0.3) is 11.3 Å². The van der Waals surface area contributed by atoms with Crippen molar-refractivity contribution >= 4 is 11.8 Å².